The molecule has 0 unspecified atom stereocenters. The summed E-state index contributed by atoms with van der Waals surface area (Å²) in [6, 6.07) is 14.6. The maximum absolute atomic E-state index is 13.9. The molecule has 2 aromatic rings. The van der Waals surface area contributed by atoms with Crippen LogP contribution in [0.15, 0.2) is 42.5 Å². The summed E-state index contributed by atoms with van der Waals surface area (Å²) in [5.41, 5.74) is 2.02. The van der Waals surface area contributed by atoms with Gasteiger partial charge in [-0.25, -0.2) is 4.39 Å². The van der Waals surface area contributed by atoms with E-state index < -0.39 is 0 Å². The van der Waals surface area contributed by atoms with Crippen LogP contribution in [0, 0.1) is 17.1 Å². The number of nitrogens with zero attached hydrogens (tertiary/aromatic N) is 1. The highest BCUT2D eigenvalue weighted by Gasteiger charge is 2.44. The summed E-state index contributed by atoms with van der Waals surface area (Å²) in [4.78, 5) is 0. The number of rotatable bonds is 3. The third-order valence-corrected chi connectivity index (χ3v) is 3.89. The number of nitriles is 1. The highest BCUT2D eigenvalue weighted by atomic mass is 19.1. The van der Waals surface area contributed by atoms with E-state index in [9.17, 15) is 9.65 Å². The first kappa shape index (κ1) is 12.7. The molecule has 100 valence electrons. The third kappa shape index (κ3) is 2.04. The third-order valence-electron chi connectivity index (χ3n) is 3.89. The molecule has 0 atom stereocenters. The Hall–Kier alpha value is -2.34. The summed E-state index contributed by atoms with van der Waals surface area (Å²) < 4.78 is 19.0. The van der Waals surface area contributed by atoms with Crippen LogP contribution in [0.1, 0.15) is 18.4 Å². The van der Waals surface area contributed by atoms with E-state index in [2.05, 4.69) is 6.07 Å². The minimum Gasteiger partial charge on any atom is -0.497 e. The van der Waals surface area contributed by atoms with Crippen molar-refractivity contribution in [1.82, 2.24) is 0 Å². The highest BCUT2D eigenvalue weighted by Crippen LogP contribution is 2.47. The second-order valence-corrected chi connectivity index (χ2v) is 5.12. The topological polar surface area (TPSA) is 33.0 Å². The molecular weight excluding hydrogens is 253 g/mol. The first-order chi connectivity index (χ1) is 9.68. The van der Waals surface area contributed by atoms with Gasteiger partial charge in [0, 0.05) is 5.56 Å². The summed E-state index contributed by atoms with van der Waals surface area (Å²) in [5.74, 6) is 0.348. The lowest BCUT2D eigenvalue weighted by atomic mass is 9.95. The van der Waals surface area contributed by atoms with Gasteiger partial charge in [0.05, 0.1) is 18.6 Å². The molecule has 0 N–H and O–H groups in total. The van der Waals surface area contributed by atoms with Gasteiger partial charge in [-0.2, -0.15) is 5.26 Å². The fourth-order valence-corrected chi connectivity index (χ4v) is 2.41. The van der Waals surface area contributed by atoms with Gasteiger partial charge in [-0.1, -0.05) is 24.3 Å². The lowest BCUT2D eigenvalue weighted by Crippen LogP contribution is -2.01. The van der Waals surface area contributed by atoms with Crippen LogP contribution in [0.3, 0.4) is 0 Å². The lowest BCUT2D eigenvalue weighted by molar-refractivity contribution is 0.414. The second kappa shape index (κ2) is 4.64. The zero-order valence-corrected chi connectivity index (χ0v) is 11.2. The number of methoxy groups -OCH3 is 1. The molecule has 1 fully saturated rings. The molecule has 3 rings (SSSR count). The van der Waals surface area contributed by atoms with Gasteiger partial charge in [-0.05, 0) is 42.2 Å². The first-order valence-corrected chi connectivity index (χ1v) is 6.54. The van der Waals surface area contributed by atoms with E-state index in [0.29, 0.717) is 11.3 Å². The summed E-state index contributed by atoms with van der Waals surface area (Å²) in [6.45, 7) is 0. The Bertz CT molecular complexity index is 681. The average molecular weight is 267 g/mol. The molecule has 0 amide bonds. The average Bonchev–Trinajstić information content (AvgIpc) is 3.29. The van der Waals surface area contributed by atoms with Crippen molar-refractivity contribution in [2.75, 3.05) is 7.11 Å². The molecule has 1 aliphatic carbocycles. The van der Waals surface area contributed by atoms with Crippen molar-refractivity contribution in [3.63, 3.8) is 0 Å². The van der Waals surface area contributed by atoms with Gasteiger partial charge in [0.1, 0.15) is 11.6 Å². The van der Waals surface area contributed by atoms with Crippen LogP contribution in [0.4, 0.5) is 4.39 Å². The predicted molar refractivity (Wildman–Crippen MR) is 74.9 cm³/mol. The fraction of sp³-hybridized carbons (Fsp3) is 0.235. The van der Waals surface area contributed by atoms with Crippen LogP contribution < -0.4 is 4.74 Å². The van der Waals surface area contributed by atoms with Crippen LogP contribution in [0.2, 0.25) is 0 Å². The van der Waals surface area contributed by atoms with E-state index >= 15 is 0 Å². The van der Waals surface area contributed by atoms with E-state index in [1.54, 1.807) is 19.2 Å². The Morgan fingerprint density at radius 3 is 2.40 bits per heavy atom. The van der Waals surface area contributed by atoms with Crippen LogP contribution in [-0.4, -0.2) is 7.11 Å². The second-order valence-electron chi connectivity index (χ2n) is 5.12. The lowest BCUT2D eigenvalue weighted by Gasteiger charge is -2.09. The maximum atomic E-state index is 13.9. The summed E-state index contributed by atoms with van der Waals surface area (Å²) in [7, 11) is 1.56. The molecule has 0 radical (unpaired) electrons. The summed E-state index contributed by atoms with van der Waals surface area (Å²) in [5, 5.41) is 9.18. The van der Waals surface area contributed by atoms with Crippen LogP contribution in [-0.2, 0) is 5.41 Å². The van der Waals surface area contributed by atoms with Crippen LogP contribution in [0.5, 0.6) is 5.75 Å². The van der Waals surface area contributed by atoms with Gasteiger partial charge < -0.3 is 4.74 Å². The number of hydrogen-bond donors (Lipinski definition) is 0. The van der Waals surface area contributed by atoms with Gasteiger partial charge in [0.15, 0.2) is 0 Å². The minimum absolute atomic E-state index is 0.278. The van der Waals surface area contributed by atoms with Crippen molar-refractivity contribution in [2.45, 2.75) is 18.3 Å². The highest BCUT2D eigenvalue weighted by molar-refractivity contribution is 5.66. The van der Waals surface area contributed by atoms with E-state index in [0.717, 1.165) is 24.0 Å². The van der Waals surface area contributed by atoms with Crippen LogP contribution in [0.25, 0.3) is 11.1 Å². The van der Waals surface area contributed by atoms with Crippen molar-refractivity contribution in [3.8, 4) is 22.9 Å². The Balaban J connectivity index is 1.98. The Labute approximate surface area is 117 Å². The molecule has 20 heavy (non-hydrogen) atoms. The van der Waals surface area contributed by atoms with E-state index in [-0.39, 0.29) is 11.2 Å². The fourth-order valence-electron chi connectivity index (χ4n) is 2.41. The van der Waals surface area contributed by atoms with Crippen LogP contribution >= 0.6 is 0 Å². The zero-order valence-electron chi connectivity index (χ0n) is 11.2. The maximum Gasteiger partial charge on any atom is 0.131 e. The Morgan fingerprint density at radius 2 is 1.85 bits per heavy atom. The first-order valence-electron chi connectivity index (χ1n) is 6.54. The molecule has 3 heteroatoms. The molecule has 0 saturated heterocycles. The van der Waals surface area contributed by atoms with Gasteiger partial charge in [0.25, 0.3) is 0 Å². The molecule has 2 nitrogen and oxygen atoms in total. The number of hydrogen-bond acceptors (Lipinski definition) is 2. The van der Waals surface area contributed by atoms with Crippen molar-refractivity contribution in [3.05, 3.63) is 53.8 Å². The predicted octanol–water partition coefficient (Wildman–Crippen LogP) is 4.06. The van der Waals surface area contributed by atoms with Gasteiger partial charge >= 0.3 is 0 Å². The van der Waals surface area contributed by atoms with E-state index in [1.807, 2.05) is 24.3 Å². The molecule has 0 bridgehead atoms. The molecule has 0 spiro atoms. The van der Waals surface area contributed by atoms with E-state index in [1.165, 1.54) is 6.07 Å². The number of benzene rings is 2. The van der Waals surface area contributed by atoms with Gasteiger partial charge in [0.2, 0.25) is 0 Å². The SMILES string of the molecule is COc1ccc(F)c(-c2ccc(C3(C#N)CC3)cc2)c1. The van der Waals surface area contributed by atoms with Gasteiger partial charge in [-0.3, -0.25) is 0 Å². The molecule has 1 saturated carbocycles. The normalized spacial score (nSPS) is 15.4. The Morgan fingerprint density at radius 1 is 1.15 bits per heavy atom. The van der Waals surface area contributed by atoms with Crippen molar-refractivity contribution >= 4 is 0 Å². The standard InChI is InChI=1S/C17H14FNO/c1-20-14-6-7-16(18)15(10-14)12-2-4-13(5-3-12)17(11-19)8-9-17/h2-7,10H,8-9H2,1H3. The van der Waals surface area contributed by atoms with E-state index in [4.69, 9.17) is 4.74 Å². The van der Waals surface area contributed by atoms with Crippen molar-refractivity contribution < 1.29 is 9.13 Å². The quantitative estimate of drug-likeness (QED) is 0.840. The van der Waals surface area contributed by atoms with Gasteiger partial charge in [-0.15, -0.1) is 0 Å². The molecule has 0 aromatic heterocycles. The van der Waals surface area contributed by atoms with Crippen molar-refractivity contribution in [2.24, 2.45) is 0 Å². The summed E-state index contributed by atoms with van der Waals surface area (Å²) in [6.07, 6.45) is 1.83. The number of halogens is 1. The largest absolute Gasteiger partial charge is 0.497 e. The monoisotopic (exact) mass is 267 g/mol. The minimum atomic E-state index is -0.300. The molecule has 0 heterocycles. The molecule has 2 aromatic carbocycles. The molecular formula is C17H14FNO. The molecule has 0 aliphatic heterocycles. The number of ether oxygens (including phenoxy) is 1. The molecule has 1 aliphatic rings. The Kier molecular flexibility index (Phi) is 2.94. The smallest absolute Gasteiger partial charge is 0.131 e. The summed E-state index contributed by atoms with van der Waals surface area (Å²) >= 11 is 0. The zero-order chi connectivity index (χ0) is 14.2. The van der Waals surface area contributed by atoms with Crippen molar-refractivity contribution in [1.29, 1.82) is 5.26 Å².